The van der Waals surface area contributed by atoms with Crippen LogP contribution in [0.25, 0.3) is 0 Å². The van der Waals surface area contributed by atoms with Crippen molar-refractivity contribution in [1.29, 1.82) is 0 Å². The van der Waals surface area contributed by atoms with Crippen molar-refractivity contribution in [3.63, 3.8) is 0 Å². The SMILES string of the molecule is O=C(CCC(=O)C1CCCCCCCCC1)NCCCCCC1NC2c3cccccccc(c3)C2C1=O. The fraction of sp³-hybridized carbons (Fsp3) is 0.606. The Morgan fingerprint density at radius 1 is 0.789 bits per heavy atom. The summed E-state index contributed by atoms with van der Waals surface area (Å²) < 4.78 is 0. The van der Waals surface area contributed by atoms with Crippen LogP contribution in [0.5, 0.6) is 0 Å². The molecule has 206 valence electrons. The molecule has 2 fully saturated rings. The van der Waals surface area contributed by atoms with Gasteiger partial charge in [0.1, 0.15) is 5.78 Å². The number of hydrogen-bond acceptors (Lipinski definition) is 4. The summed E-state index contributed by atoms with van der Waals surface area (Å²) in [4.78, 5) is 38.2. The normalized spacial score (nSPS) is 23.4. The van der Waals surface area contributed by atoms with E-state index in [1.54, 1.807) is 0 Å². The number of Topliss-reactive ketones (excluding diaryl/α,β-unsaturated/α-hetero) is 2. The van der Waals surface area contributed by atoms with E-state index in [1.165, 1.54) is 37.7 Å². The second-order valence-corrected chi connectivity index (χ2v) is 11.4. The Kier molecular flexibility index (Phi) is 11.4. The number of hydrogen-bond donors (Lipinski definition) is 2. The highest BCUT2D eigenvalue weighted by molar-refractivity contribution is 5.94. The topological polar surface area (TPSA) is 75.3 Å². The van der Waals surface area contributed by atoms with E-state index in [9.17, 15) is 14.4 Å². The van der Waals surface area contributed by atoms with Crippen molar-refractivity contribution in [2.45, 2.75) is 114 Å². The van der Waals surface area contributed by atoms with Crippen LogP contribution in [0, 0.1) is 5.92 Å². The molecule has 5 heteroatoms. The molecular weight excluding hydrogens is 472 g/mol. The number of ketones is 2. The largest absolute Gasteiger partial charge is 0.356 e. The summed E-state index contributed by atoms with van der Waals surface area (Å²) in [6, 6.07) is 16.3. The van der Waals surface area contributed by atoms with Crippen molar-refractivity contribution in [3.05, 3.63) is 59.7 Å². The first kappa shape index (κ1) is 28.5. The molecule has 1 aliphatic heterocycles. The molecule has 5 nitrogen and oxygen atoms in total. The quantitative estimate of drug-likeness (QED) is 0.340. The molecule has 2 N–H and O–H groups in total. The van der Waals surface area contributed by atoms with Gasteiger partial charge in [-0.15, -0.1) is 0 Å². The van der Waals surface area contributed by atoms with Gasteiger partial charge in [-0.25, -0.2) is 0 Å². The van der Waals surface area contributed by atoms with Crippen molar-refractivity contribution in [1.82, 2.24) is 10.6 Å². The molecule has 2 bridgehead atoms. The van der Waals surface area contributed by atoms with Crippen LogP contribution in [0.3, 0.4) is 0 Å². The minimum Gasteiger partial charge on any atom is -0.356 e. The molecule has 0 aromatic heterocycles. The Morgan fingerprint density at radius 2 is 1.45 bits per heavy atom. The van der Waals surface area contributed by atoms with Crippen LogP contribution in [-0.2, 0) is 14.4 Å². The maximum Gasteiger partial charge on any atom is 0.220 e. The fourth-order valence-electron chi connectivity index (χ4n) is 6.39. The summed E-state index contributed by atoms with van der Waals surface area (Å²) >= 11 is 0. The zero-order valence-corrected chi connectivity index (χ0v) is 23.0. The van der Waals surface area contributed by atoms with Gasteiger partial charge in [-0.05, 0) is 36.8 Å². The van der Waals surface area contributed by atoms with Gasteiger partial charge < -0.3 is 5.32 Å². The van der Waals surface area contributed by atoms with E-state index in [0.717, 1.165) is 56.9 Å². The number of amides is 1. The predicted molar refractivity (Wildman–Crippen MR) is 152 cm³/mol. The number of carbonyl (C=O) groups is 3. The highest BCUT2D eigenvalue weighted by Crippen LogP contribution is 2.43. The molecule has 38 heavy (non-hydrogen) atoms. The molecule has 3 aliphatic rings. The van der Waals surface area contributed by atoms with E-state index in [0.29, 0.717) is 25.2 Å². The molecule has 1 heterocycles. The molecule has 0 spiro atoms. The van der Waals surface area contributed by atoms with Crippen LogP contribution < -0.4 is 10.6 Å². The molecular formula is C33H46N2O3. The van der Waals surface area contributed by atoms with Crippen LogP contribution in [0.15, 0.2) is 48.5 Å². The van der Waals surface area contributed by atoms with E-state index in [1.807, 2.05) is 30.3 Å². The lowest BCUT2D eigenvalue weighted by molar-refractivity contribution is -0.127. The molecule has 3 unspecified atom stereocenters. The van der Waals surface area contributed by atoms with Crippen molar-refractivity contribution in [3.8, 4) is 0 Å². The first-order valence-corrected chi connectivity index (χ1v) is 15.2. The van der Waals surface area contributed by atoms with Crippen LogP contribution >= 0.6 is 0 Å². The van der Waals surface area contributed by atoms with Crippen LogP contribution in [0.2, 0.25) is 0 Å². The molecule has 3 atom stereocenters. The molecule has 1 amide bonds. The highest BCUT2D eigenvalue weighted by atomic mass is 16.2. The number of rotatable bonds is 10. The van der Waals surface area contributed by atoms with Gasteiger partial charge >= 0.3 is 0 Å². The number of nitrogens with one attached hydrogen (secondary N) is 2. The van der Waals surface area contributed by atoms with Gasteiger partial charge in [0.2, 0.25) is 5.91 Å². The predicted octanol–water partition coefficient (Wildman–Crippen LogP) is 6.66. The van der Waals surface area contributed by atoms with Gasteiger partial charge in [-0.2, -0.15) is 0 Å². The third-order valence-corrected chi connectivity index (χ3v) is 8.59. The van der Waals surface area contributed by atoms with E-state index in [-0.39, 0.29) is 35.6 Å². The van der Waals surface area contributed by atoms with Gasteiger partial charge in [0.25, 0.3) is 0 Å². The fourth-order valence-corrected chi connectivity index (χ4v) is 6.39. The minimum absolute atomic E-state index is 0.0116. The van der Waals surface area contributed by atoms with Crippen LogP contribution in [0.4, 0.5) is 0 Å². The maximum atomic E-state index is 13.2. The summed E-state index contributed by atoms with van der Waals surface area (Å²) in [6.45, 7) is 0.637. The van der Waals surface area contributed by atoms with Crippen LogP contribution in [-0.4, -0.2) is 30.1 Å². The third-order valence-electron chi connectivity index (χ3n) is 8.59. The maximum absolute atomic E-state index is 13.2. The standard InChI is InChI=1S/C33H46N2O3/c36-29(25-16-10-5-2-1-3-6-11-17-25)21-22-30(37)34-23-15-9-14-20-28-33(38)31-26-18-12-7-4-8-13-19-27(24-26)32(31)35-28/h4,7-8,12-13,18-19,24-25,28,31-32,35H,1-3,5-6,9-11,14-17,20-23H2,(H,34,37). The van der Waals surface area contributed by atoms with E-state index < -0.39 is 0 Å². The average molecular weight is 519 g/mol. The molecule has 1 saturated carbocycles. The Hall–Kier alpha value is -2.53. The Balaban J connectivity index is 1.10. The summed E-state index contributed by atoms with van der Waals surface area (Å²) in [6.07, 6.45) is 15.0. The smallest absolute Gasteiger partial charge is 0.220 e. The average Bonchev–Trinajstić information content (AvgIpc) is 3.43. The van der Waals surface area contributed by atoms with Crippen molar-refractivity contribution >= 4 is 17.5 Å². The van der Waals surface area contributed by atoms with Crippen molar-refractivity contribution < 1.29 is 14.4 Å². The molecule has 0 radical (unpaired) electrons. The third kappa shape index (κ3) is 8.23. The first-order chi connectivity index (χ1) is 18.6. The van der Waals surface area contributed by atoms with Gasteiger partial charge in [-0.1, -0.05) is 106 Å². The Labute approximate surface area is 228 Å². The van der Waals surface area contributed by atoms with Gasteiger partial charge in [-0.3, -0.25) is 19.7 Å². The summed E-state index contributed by atoms with van der Waals surface area (Å²) in [7, 11) is 0. The number of unbranched alkanes of at least 4 members (excludes halogenated alkanes) is 2. The molecule has 1 aromatic rings. The lowest BCUT2D eigenvalue weighted by atomic mass is 9.87. The summed E-state index contributed by atoms with van der Waals surface area (Å²) in [5, 5.41) is 6.58. The van der Waals surface area contributed by atoms with Crippen LogP contribution in [0.1, 0.15) is 119 Å². The second-order valence-electron chi connectivity index (χ2n) is 11.4. The minimum atomic E-state index is -0.101. The number of carbonyl (C=O) groups excluding carboxylic acids is 3. The Morgan fingerprint density at radius 3 is 2.18 bits per heavy atom. The van der Waals surface area contributed by atoms with E-state index >= 15 is 0 Å². The lowest BCUT2D eigenvalue weighted by Gasteiger charge is -2.17. The summed E-state index contributed by atoms with van der Waals surface area (Å²) in [5.41, 5.74) is 2.28. The second kappa shape index (κ2) is 15.2. The lowest BCUT2D eigenvalue weighted by Crippen LogP contribution is -2.28. The van der Waals surface area contributed by atoms with E-state index in [2.05, 4.69) is 28.8 Å². The molecule has 1 saturated heterocycles. The Bertz CT molecular complexity index is 995. The molecule has 4 rings (SSSR count). The summed E-state index contributed by atoms with van der Waals surface area (Å²) in [5.74, 6) is 0.653. The zero-order valence-electron chi connectivity index (χ0n) is 23.0. The zero-order chi connectivity index (χ0) is 26.6. The number of fused-ring (bicyclic) bond motifs is 5. The van der Waals surface area contributed by atoms with Gasteiger partial charge in [0, 0.05) is 31.3 Å². The van der Waals surface area contributed by atoms with Gasteiger partial charge in [0.15, 0.2) is 5.78 Å². The van der Waals surface area contributed by atoms with Crippen molar-refractivity contribution in [2.24, 2.45) is 5.92 Å². The molecule has 1 aromatic carbocycles. The monoisotopic (exact) mass is 518 g/mol. The van der Waals surface area contributed by atoms with E-state index in [4.69, 9.17) is 0 Å². The van der Waals surface area contributed by atoms with Crippen molar-refractivity contribution in [2.75, 3.05) is 6.54 Å². The highest BCUT2D eigenvalue weighted by Gasteiger charge is 2.45. The molecule has 2 aliphatic carbocycles. The van der Waals surface area contributed by atoms with Gasteiger partial charge in [0.05, 0.1) is 12.0 Å². The first-order valence-electron chi connectivity index (χ1n) is 15.2.